The lowest BCUT2D eigenvalue weighted by molar-refractivity contribution is -0.159. The van der Waals surface area contributed by atoms with Crippen molar-refractivity contribution in [1.82, 2.24) is 4.90 Å². The number of aliphatic carboxylic acids is 1. The second kappa shape index (κ2) is 5.49. The van der Waals surface area contributed by atoms with E-state index in [1.54, 1.807) is 4.90 Å². The molecular formula is C12H21NO4. The Kier molecular flexibility index (Phi) is 4.51. The van der Waals surface area contributed by atoms with Gasteiger partial charge in [-0.25, -0.2) is 0 Å². The number of carbonyl (C=O) groups excluding carboxylic acids is 1. The Morgan fingerprint density at radius 1 is 1.29 bits per heavy atom. The third-order valence-electron chi connectivity index (χ3n) is 3.42. The molecule has 1 aliphatic rings. The van der Waals surface area contributed by atoms with Gasteiger partial charge in [-0.1, -0.05) is 12.8 Å². The van der Waals surface area contributed by atoms with Crippen molar-refractivity contribution < 1.29 is 19.8 Å². The van der Waals surface area contributed by atoms with Crippen LogP contribution in [0, 0.1) is 5.41 Å². The van der Waals surface area contributed by atoms with E-state index in [0.717, 1.165) is 25.7 Å². The van der Waals surface area contributed by atoms with Crippen LogP contribution in [0.15, 0.2) is 0 Å². The molecule has 1 saturated heterocycles. The first-order valence-electron chi connectivity index (χ1n) is 6.06. The molecule has 1 fully saturated rings. The molecule has 0 aliphatic carbocycles. The fraction of sp³-hybridized carbons (Fsp3) is 0.833. The normalized spacial score (nSPS) is 22.1. The predicted octanol–water partition coefficient (Wildman–Crippen LogP) is 0.861. The highest BCUT2D eigenvalue weighted by Gasteiger charge is 2.41. The Bertz CT molecular complexity index is 301. The molecule has 0 aromatic rings. The number of rotatable bonds is 3. The Morgan fingerprint density at radius 3 is 2.47 bits per heavy atom. The minimum absolute atomic E-state index is 0.0958. The van der Waals surface area contributed by atoms with Crippen LogP contribution in [0.2, 0.25) is 0 Å². The van der Waals surface area contributed by atoms with Gasteiger partial charge >= 0.3 is 5.97 Å². The Morgan fingerprint density at radius 2 is 1.94 bits per heavy atom. The highest BCUT2D eigenvalue weighted by Crippen LogP contribution is 2.25. The van der Waals surface area contributed by atoms with E-state index in [-0.39, 0.29) is 12.6 Å². The largest absolute Gasteiger partial charge is 0.480 e. The number of carboxylic acid groups (broad SMARTS) is 1. The van der Waals surface area contributed by atoms with E-state index < -0.39 is 17.3 Å². The van der Waals surface area contributed by atoms with Gasteiger partial charge in [0.25, 0.3) is 0 Å². The number of carbonyl (C=O) groups is 2. The van der Waals surface area contributed by atoms with Gasteiger partial charge in [0.15, 0.2) is 0 Å². The molecule has 0 radical (unpaired) electrons. The van der Waals surface area contributed by atoms with Crippen LogP contribution in [-0.2, 0) is 9.59 Å². The van der Waals surface area contributed by atoms with Crippen LogP contribution in [0.3, 0.4) is 0 Å². The summed E-state index contributed by atoms with van der Waals surface area (Å²) in [6.45, 7) is 3.27. The van der Waals surface area contributed by atoms with Crippen molar-refractivity contribution in [2.75, 3.05) is 13.2 Å². The van der Waals surface area contributed by atoms with E-state index in [2.05, 4.69) is 0 Å². The number of aliphatic hydroxyl groups excluding tert-OH is 1. The number of hydrogen-bond donors (Lipinski definition) is 2. The van der Waals surface area contributed by atoms with Gasteiger partial charge in [0, 0.05) is 6.54 Å². The van der Waals surface area contributed by atoms with Crippen molar-refractivity contribution in [3.63, 3.8) is 0 Å². The zero-order chi connectivity index (χ0) is 13.1. The molecule has 0 saturated carbocycles. The molecule has 1 unspecified atom stereocenters. The second-order valence-corrected chi connectivity index (χ2v) is 5.11. The lowest BCUT2D eigenvalue weighted by atomic mass is 9.91. The van der Waals surface area contributed by atoms with Gasteiger partial charge in [-0.05, 0) is 26.7 Å². The monoisotopic (exact) mass is 243 g/mol. The molecule has 0 aromatic heterocycles. The molecule has 0 aromatic carbocycles. The standard InChI is InChI=1S/C12H21NO4/c1-12(2,11(16)17)10(15)13-7-5-3-4-6-9(13)8-14/h9,14H,3-8H2,1-2H3,(H,16,17). The lowest BCUT2D eigenvalue weighted by Gasteiger charge is -2.33. The van der Waals surface area contributed by atoms with Gasteiger partial charge < -0.3 is 15.1 Å². The molecule has 17 heavy (non-hydrogen) atoms. The van der Waals surface area contributed by atoms with Gasteiger partial charge in [-0.15, -0.1) is 0 Å². The van der Waals surface area contributed by atoms with E-state index in [0.29, 0.717) is 6.54 Å². The number of hydrogen-bond acceptors (Lipinski definition) is 3. The van der Waals surface area contributed by atoms with Crippen LogP contribution in [0.25, 0.3) is 0 Å². The number of amides is 1. The van der Waals surface area contributed by atoms with Crippen molar-refractivity contribution >= 4 is 11.9 Å². The molecule has 5 heteroatoms. The van der Waals surface area contributed by atoms with Crippen molar-refractivity contribution in [1.29, 1.82) is 0 Å². The van der Waals surface area contributed by atoms with Crippen molar-refractivity contribution in [3.8, 4) is 0 Å². The average Bonchev–Trinajstić information content (AvgIpc) is 2.52. The Balaban J connectivity index is 2.87. The van der Waals surface area contributed by atoms with Crippen LogP contribution in [0.5, 0.6) is 0 Å². The molecule has 5 nitrogen and oxygen atoms in total. The molecule has 98 valence electrons. The van der Waals surface area contributed by atoms with E-state index >= 15 is 0 Å². The summed E-state index contributed by atoms with van der Waals surface area (Å²) in [6, 6.07) is -0.233. The first-order chi connectivity index (χ1) is 7.91. The third kappa shape index (κ3) is 2.97. The minimum atomic E-state index is -1.42. The van der Waals surface area contributed by atoms with Gasteiger partial charge in [0.1, 0.15) is 5.41 Å². The number of aliphatic hydroxyl groups is 1. The molecule has 1 amide bonds. The molecule has 0 bridgehead atoms. The fourth-order valence-corrected chi connectivity index (χ4v) is 2.09. The van der Waals surface area contributed by atoms with Crippen molar-refractivity contribution in [3.05, 3.63) is 0 Å². The van der Waals surface area contributed by atoms with E-state index in [9.17, 15) is 14.7 Å². The van der Waals surface area contributed by atoms with E-state index in [1.807, 2.05) is 0 Å². The lowest BCUT2D eigenvalue weighted by Crippen LogP contribution is -2.50. The summed E-state index contributed by atoms with van der Waals surface area (Å²) in [4.78, 5) is 24.8. The summed E-state index contributed by atoms with van der Waals surface area (Å²) in [5, 5.41) is 18.4. The highest BCUT2D eigenvalue weighted by atomic mass is 16.4. The van der Waals surface area contributed by atoms with Gasteiger partial charge in [0.2, 0.25) is 5.91 Å². The SMILES string of the molecule is CC(C)(C(=O)O)C(=O)N1CCCCCC1CO. The Labute approximate surface area is 101 Å². The molecule has 1 heterocycles. The summed E-state index contributed by atoms with van der Waals surface area (Å²) >= 11 is 0. The summed E-state index contributed by atoms with van der Waals surface area (Å²) < 4.78 is 0. The third-order valence-corrected chi connectivity index (χ3v) is 3.42. The number of likely N-dealkylation sites (tertiary alicyclic amines) is 1. The highest BCUT2D eigenvalue weighted by molar-refractivity contribution is 6.01. The first-order valence-corrected chi connectivity index (χ1v) is 6.06. The molecule has 1 aliphatic heterocycles. The zero-order valence-electron chi connectivity index (χ0n) is 10.5. The van der Waals surface area contributed by atoms with Crippen molar-refractivity contribution in [2.24, 2.45) is 5.41 Å². The predicted molar refractivity (Wildman–Crippen MR) is 62.5 cm³/mol. The van der Waals surface area contributed by atoms with E-state index in [4.69, 9.17) is 5.11 Å². The summed E-state index contributed by atoms with van der Waals surface area (Å²) in [6.07, 6.45) is 3.62. The van der Waals surface area contributed by atoms with Crippen molar-refractivity contribution in [2.45, 2.75) is 45.6 Å². The first kappa shape index (κ1) is 14.0. The number of carboxylic acids is 1. The van der Waals surface area contributed by atoms with E-state index in [1.165, 1.54) is 13.8 Å². The van der Waals surface area contributed by atoms with Crippen LogP contribution in [-0.4, -0.2) is 46.2 Å². The summed E-state index contributed by atoms with van der Waals surface area (Å²) in [5.41, 5.74) is -1.42. The average molecular weight is 243 g/mol. The maximum absolute atomic E-state index is 12.2. The minimum Gasteiger partial charge on any atom is -0.480 e. The second-order valence-electron chi connectivity index (χ2n) is 5.11. The quantitative estimate of drug-likeness (QED) is 0.721. The smallest absolute Gasteiger partial charge is 0.318 e. The maximum Gasteiger partial charge on any atom is 0.318 e. The van der Waals surface area contributed by atoms with Crippen LogP contribution in [0.4, 0.5) is 0 Å². The molecule has 0 spiro atoms. The topological polar surface area (TPSA) is 77.8 Å². The zero-order valence-corrected chi connectivity index (χ0v) is 10.5. The van der Waals surface area contributed by atoms with Crippen LogP contribution >= 0.6 is 0 Å². The molecule has 1 rings (SSSR count). The Hall–Kier alpha value is -1.10. The summed E-state index contributed by atoms with van der Waals surface area (Å²) in [7, 11) is 0. The maximum atomic E-state index is 12.2. The van der Waals surface area contributed by atoms with Gasteiger partial charge in [-0.3, -0.25) is 9.59 Å². The summed E-state index contributed by atoms with van der Waals surface area (Å²) in [5.74, 6) is -1.52. The van der Waals surface area contributed by atoms with Gasteiger partial charge in [0.05, 0.1) is 12.6 Å². The fourth-order valence-electron chi connectivity index (χ4n) is 2.09. The van der Waals surface area contributed by atoms with Crippen LogP contribution < -0.4 is 0 Å². The molecular weight excluding hydrogens is 222 g/mol. The number of nitrogens with zero attached hydrogens (tertiary/aromatic N) is 1. The molecule has 2 N–H and O–H groups in total. The van der Waals surface area contributed by atoms with Gasteiger partial charge in [-0.2, -0.15) is 0 Å². The molecule has 1 atom stereocenters. The van der Waals surface area contributed by atoms with Crippen LogP contribution in [0.1, 0.15) is 39.5 Å².